The van der Waals surface area contributed by atoms with E-state index in [1.54, 1.807) is 12.2 Å². The normalized spacial score (nSPS) is 13.9. The monoisotopic (exact) mass is 152 g/mol. The average molecular weight is 152 g/mol. The molecule has 0 saturated carbocycles. The fraction of sp³-hybridized carbons (Fsp3) is 0.400. The van der Waals surface area contributed by atoms with Crippen LogP contribution in [0.15, 0.2) is 36.6 Å². The molecule has 0 aromatic heterocycles. The summed E-state index contributed by atoms with van der Waals surface area (Å²) in [4.78, 5) is 0. The molecular weight excluding hydrogens is 136 g/mol. The van der Waals surface area contributed by atoms with Crippen LogP contribution in [-0.4, -0.2) is 5.11 Å². The van der Waals surface area contributed by atoms with Crippen molar-refractivity contribution in [2.24, 2.45) is 5.41 Å². The van der Waals surface area contributed by atoms with Crippen molar-refractivity contribution in [3.8, 4) is 0 Å². The van der Waals surface area contributed by atoms with Crippen molar-refractivity contribution in [1.82, 2.24) is 0 Å². The second-order valence-corrected chi connectivity index (χ2v) is 3.42. The summed E-state index contributed by atoms with van der Waals surface area (Å²) in [5, 5.41) is 8.42. The third-order valence-electron chi connectivity index (χ3n) is 1.45. The van der Waals surface area contributed by atoms with Gasteiger partial charge in [0.25, 0.3) is 0 Å². The lowest BCUT2D eigenvalue weighted by molar-refractivity contribution is 0.473. The molecule has 1 heteroatoms. The largest absolute Gasteiger partial charge is 0.516 e. The smallest absolute Gasteiger partial charge is 0.0791 e. The van der Waals surface area contributed by atoms with E-state index in [1.165, 1.54) is 0 Å². The van der Waals surface area contributed by atoms with E-state index in [-0.39, 0.29) is 5.41 Å². The molecule has 0 aliphatic carbocycles. The highest BCUT2D eigenvalue weighted by Gasteiger charge is 2.12. The lowest BCUT2D eigenvalue weighted by Crippen LogP contribution is -2.06. The maximum Gasteiger partial charge on any atom is 0.0791 e. The fourth-order valence-corrected chi connectivity index (χ4v) is 0.771. The summed E-state index contributed by atoms with van der Waals surface area (Å²) in [5.74, 6) is 0. The van der Waals surface area contributed by atoms with Gasteiger partial charge >= 0.3 is 0 Å². The van der Waals surface area contributed by atoms with Crippen LogP contribution in [0.2, 0.25) is 0 Å². The molecule has 1 N–H and O–H groups in total. The van der Waals surface area contributed by atoms with E-state index in [0.29, 0.717) is 0 Å². The van der Waals surface area contributed by atoms with Gasteiger partial charge in [-0.1, -0.05) is 39.5 Å². The second kappa shape index (κ2) is 4.02. The number of hydrogen-bond donors (Lipinski definition) is 1. The molecule has 0 heterocycles. The minimum Gasteiger partial charge on any atom is -0.516 e. The summed E-state index contributed by atoms with van der Waals surface area (Å²) >= 11 is 0. The van der Waals surface area contributed by atoms with Crippen molar-refractivity contribution >= 4 is 0 Å². The van der Waals surface area contributed by atoms with Crippen molar-refractivity contribution in [2.45, 2.75) is 20.8 Å². The third kappa shape index (κ3) is 3.66. The van der Waals surface area contributed by atoms with E-state index in [2.05, 4.69) is 27.4 Å². The Balaban J connectivity index is 4.53. The van der Waals surface area contributed by atoms with Crippen molar-refractivity contribution < 1.29 is 5.11 Å². The molecular formula is C10H16O. The molecule has 0 spiro atoms. The van der Waals surface area contributed by atoms with E-state index < -0.39 is 0 Å². The molecule has 0 unspecified atom stereocenters. The molecule has 11 heavy (non-hydrogen) atoms. The number of rotatable bonds is 2. The molecule has 0 aliphatic rings. The summed E-state index contributed by atoms with van der Waals surface area (Å²) in [6.45, 7) is 10.0. The van der Waals surface area contributed by atoms with Crippen LogP contribution in [0.4, 0.5) is 0 Å². The highest BCUT2D eigenvalue weighted by molar-refractivity contribution is 5.26. The molecule has 0 aromatic rings. The van der Waals surface area contributed by atoms with E-state index in [1.807, 2.05) is 6.08 Å². The van der Waals surface area contributed by atoms with Crippen LogP contribution < -0.4 is 0 Å². The Hall–Kier alpha value is -0.980. The van der Waals surface area contributed by atoms with Crippen molar-refractivity contribution in [1.29, 1.82) is 0 Å². The summed E-state index contributed by atoms with van der Waals surface area (Å²) in [7, 11) is 0. The Morgan fingerprint density at radius 2 is 1.91 bits per heavy atom. The predicted molar refractivity (Wildman–Crippen MR) is 49.5 cm³/mol. The van der Waals surface area contributed by atoms with Gasteiger partial charge in [0.15, 0.2) is 0 Å². The molecule has 0 saturated heterocycles. The minimum atomic E-state index is 0.0985. The first-order chi connectivity index (χ1) is 5.02. The van der Waals surface area contributed by atoms with E-state index in [0.717, 1.165) is 11.8 Å². The zero-order valence-corrected chi connectivity index (χ0v) is 7.46. The van der Waals surface area contributed by atoms with Crippen LogP contribution in [0.1, 0.15) is 20.8 Å². The highest BCUT2D eigenvalue weighted by Crippen LogP contribution is 2.25. The predicted octanol–water partition coefficient (Wildman–Crippen LogP) is 3.22. The van der Waals surface area contributed by atoms with Gasteiger partial charge in [0.1, 0.15) is 0 Å². The molecule has 0 bridgehead atoms. The molecule has 0 radical (unpaired) electrons. The zero-order valence-electron chi connectivity index (χ0n) is 7.46. The maximum atomic E-state index is 8.42. The van der Waals surface area contributed by atoms with Gasteiger partial charge in [-0.05, 0) is 17.1 Å². The van der Waals surface area contributed by atoms with Crippen LogP contribution in [0.5, 0.6) is 0 Å². The number of allylic oxidation sites excluding steroid dienone is 4. The molecule has 62 valence electrons. The fourth-order valence-electron chi connectivity index (χ4n) is 0.771. The summed E-state index contributed by atoms with van der Waals surface area (Å²) in [6.07, 6.45) is 6.28. The Morgan fingerprint density at radius 1 is 1.36 bits per heavy atom. The van der Waals surface area contributed by atoms with Gasteiger partial charge in [0.2, 0.25) is 0 Å². The first kappa shape index (κ1) is 10.0. The molecule has 0 fully saturated rings. The number of aliphatic hydroxyl groups excluding tert-OH is 1. The average Bonchev–Trinajstić information content (AvgIpc) is 1.87. The van der Waals surface area contributed by atoms with Crippen molar-refractivity contribution in [3.05, 3.63) is 36.6 Å². The Kier molecular flexibility index (Phi) is 3.66. The summed E-state index contributed by atoms with van der Waals surface area (Å²) < 4.78 is 0. The first-order valence-electron chi connectivity index (χ1n) is 3.66. The molecule has 0 rings (SSSR count). The van der Waals surface area contributed by atoms with Crippen LogP contribution >= 0.6 is 0 Å². The zero-order chi connectivity index (χ0) is 8.91. The minimum absolute atomic E-state index is 0.0985. The van der Waals surface area contributed by atoms with Gasteiger partial charge in [-0.3, -0.25) is 0 Å². The van der Waals surface area contributed by atoms with E-state index in [9.17, 15) is 0 Å². The van der Waals surface area contributed by atoms with E-state index >= 15 is 0 Å². The van der Waals surface area contributed by atoms with Crippen molar-refractivity contribution in [3.63, 3.8) is 0 Å². The number of hydrogen-bond acceptors (Lipinski definition) is 1. The Labute approximate surface area is 68.7 Å². The Morgan fingerprint density at radius 3 is 2.18 bits per heavy atom. The van der Waals surface area contributed by atoms with Crippen LogP contribution in [0.3, 0.4) is 0 Å². The standard InChI is InChI=1S/C10H16O/c1-5-9(7-6-8-11)10(2,3)4/h5-8,11H,1H2,2-4H3/b8-6+,9-7+. The molecule has 0 atom stereocenters. The SMILES string of the molecule is C=C/C(=C\C=C\O)C(C)(C)C. The molecule has 0 amide bonds. The van der Waals surface area contributed by atoms with Crippen LogP contribution in [0.25, 0.3) is 0 Å². The quantitative estimate of drug-likeness (QED) is 0.476. The lowest BCUT2D eigenvalue weighted by Gasteiger charge is -2.19. The lowest BCUT2D eigenvalue weighted by atomic mass is 9.86. The van der Waals surface area contributed by atoms with Gasteiger partial charge < -0.3 is 5.11 Å². The topological polar surface area (TPSA) is 20.2 Å². The van der Waals surface area contributed by atoms with Crippen LogP contribution in [-0.2, 0) is 0 Å². The molecule has 1 nitrogen and oxygen atoms in total. The number of aliphatic hydroxyl groups is 1. The summed E-state index contributed by atoms with van der Waals surface area (Å²) in [6, 6.07) is 0. The highest BCUT2D eigenvalue weighted by atomic mass is 16.2. The third-order valence-corrected chi connectivity index (χ3v) is 1.45. The van der Waals surface area contributed by atoms with Gasteiger partial charge in [-0.15, -0.1) is 0 Å². The van der Waals surface area contributed by atoms with Crippen LogP contribution in [0, 0.1) is 5.41 Å². The molecule has 0 aromatic carbocycles. The second-order valence-electron chi connectivity index (χ2n) is 3.42. The van der Waals surface area contributed by atoms with Gasteiger partial charge in [-0.25, -0.2) is 0 Å². The maximum absolute atomic E-state index is 8.42. The van der Waals surface area contributed by atoms with Gasteiger partial charge in [-0.2, -0.15) is 0 Å². The summed E-state index contributed by atoms with van der Waals surface area (Å²) in [5.41, 5.74) is 1.21. The van der Waals surface area contributed by atoms with Gasteiger partial charge in [0.05, 0.1) is 6.26 Å². The Bertz CT molecular complexity index is 180. The van der Waals surface area contributed by atoms with E-state index in [4.69, 9.17) is 5.11 Å². The first-order valence-corrected chi connectivity index (χ1v) is 3.66. The molecule has 0 aliphatic heterocycles. The van der Waals surface area contributed by atoms with Crippen molar-refractivity contribution in [2.75, 3.05) is 0 Å². The van der Waals surface area contributed by atoms with Gasteiger partial charge in [0, 0.05) is 0 Å².